The molecule has 0 radical (unpaired) electrons. The Hall–Kier alpha value is -3.36. The molecule has 0 heterocycles. The number of amides is 2. The summed E-state index contributed by atoms with van der Waals surface area (Å²) in [6.07, 6.45) is 0.740. The molecule has 3 aromatic carbocycles. The molecule has 1 N–H and O–H groups in total. The normalized spacial score (nSPS) is 12.9. The van der Waals surface area contributed by atoms with Crippen LogP contribution in [0.3, 0.4) is 0 Å². The minimum Gasteiger partial charge on any atom is -0.352 e. The highest BCUT2D eigenvalue weighted by Gasteiger charge is 2.33. The molecule has 0 fully saturated rings. The van der Waals surface area contributed by atoms with Crippen LogP contribution in [0.15, 0.2) is 71.6 Å². The second-order valence-electron chi connectivity index (χ2n) is 10.2. The summed E-state index contributed by atoms with van der Waals surface area (Å²) in [7, 11) is -4.15. The number of halogens is 1. The summed E-state index contributed by atoms with van der Waals surface area (Å²) < 4.78 is 28.9. The van der Waals surface area contributed by atoms with Gasteiger partial charge in [-0.3, -0.25) is 13.9 Å². The van der Waals surface area contributed by atoms with Crippen molar-refractivity contribution >= 4 is 39.1 Å². The zero-order valence-electron chi connectivity index (χ0n) is 23.9. The molecule has 3 rings (SSSR count). The van der Waals surface area contributed by atoms with Crippen molar-refractivity contribution in [3.8, 4) is 0 Å². The van der Waals surface area contributed by atoms with Crippen molar-refractivity contribution < 1.29 is 18.0 Å². The van der Waals surface area contributed by atoms with Gasteiger partial charge in [0, 0.05) is 17.6 Å². The van der Waals surface area contributed by atoms with E-state index in [1.165, 1.54) is 29.2 Å². The molecule has 0 unspecified atom stereocenters. The molecule has 7 nitrogen and oxygen atoms in total. The van der Waals surface area contributed by atoms with Crippen LogP contribution in [0.1, 0.15) is 49.4 Å². The molecule has 0 saturated heterocycles. The highest BCUT2D eigenvalue weighted by atomic mass is 35.5. The second kappa shape index (κ2) is 13.3. The highest BCUT2D eigenvalue weighted by Crippen LogP contribution is 2.27. The van der Waals surface area contributed by atoms with Crippen LogP contribution in [0.4, 0.5) is 5.69 Å². The molecule has 0 aliphatic rings. The first kappa shape index (κ1) is 31.2. The van der Waals surface area contributed by atoms with E-state index in [0.717, 1.165) is 33.0 Å². The van der Waals surface area contributed by atoms with Crippen LogP contribution in [-0.2, 0) is 26.2 Å². The summed E-state index contributed by atoms with van der Waals surface area (Å²) in [6, 6.07) is 17.9. The maximum atomic E-state index is 14.0. The average molecular weight is 584 g/mol. The third-order valence-electron chi connectivity index (χ3n) is 7.10. The number of hydrogen-bond acceptors (Lipinski definition) is 4. The first-order valence-corrected chi connectivity index (χ1v) is 15.2. The van der Waals surface area contributed by atoms with Crippen LogP contribution in [0, 0.1) is 20.8 Å². The van der Waals surface area contributed by atoms with Crippen LogP contribution in [-0.4, -0.2) is 43.8 Å². The smallest absolute Gasteiger partial charge is 0.264 e. The van der Waals surface area contributed by atoms with Gasteiger partial charge in [-0.05, 0) is 94.1 Å². The molecule has 0 saturated carbocycles. The van der Waals surface area contributed by atoms with E-state index in [4.69, 9.17) is 11.6 Å². The Morgan fingerprint density at radius 2 is 1.52 bits per heavy atom. The van der Waals surface area contributed by atoms with E-state index in [0.29, 0.717) is 10.7 Å². The predicted molar refractivity (Wildman–Crippen MR) is 161 cm³/mol. The fraction of sp³-hybridized carbons (Fsp3) is 0.355. The maximum absolute atomic E-state index is 14.0. The number of carbonyl (C=O) groups excluding carboxylic acids is 2. The molecule has 0 aliphatic carbocycles. The van der Waals surface area contributed by atoms with Crippen LogP contribution in [0.2, 0.25) is 5.02 Å². The van der Waals surface area contributed by atoms with Crippen molar-refractivity contribution in [2.24, 2.45) is 0 Å². The van der Waals surface area contributed by atoms with Gasteiger partial charge in [0.05, 0.1) is 10.6 Å². The third-order valence-corrected chi connectivity index (χ3v) is 9.14. The minimum atomic E-state index is -4.15. The van der Waals surface area contributed by atoms with E-state index in [2.05, 4.69) is 5.32 Å². The van der Waals surface area contributed by atoms with Crippen molar-refractivity contribution in [1.29, 1.82) is 0 Å². The Morgan fingerprint density at radius 3 is 2.10 bits per heavy atom. The second-order valence-corrected chi connectivity index (χ2v) is 12.5. The lowest BCUT2D eigenvalue weighted by Gasteiger charge is -2.32. The Labute approximate surface area is 243 Å². The first-order chi connectivity index (χ1) is 18.8. The fourth-order valence-corrected chi connectivity index (χ4v) is 5.61. The van der Waals surface area contributed by atoms with Gasteiger partial charge in [-0.2, -0.15) is 0 Å². The summed E-state index contributed by atoms with van der Waals surface area (Å²) >= 11 is 6.01. The van der Waals surface area contributed by atoms with Crippen molar-refractivity contribution in [2.45, 2.75) is 71.5 Å². The molecule has 40 heavy (non-hydrogen) atoms. The van der Waals surface area contributed by atoms with Gasteiger partial charge >= 0.3 is 0 Å². The number of carbonyl (C=O) groups is 2. The molecule has 0 aromatic heterocycles. The number of nitrogens with zero attached hydrogens (tertiary/aromatic N) is 2. The Kier molecular flexibility index (Phi) is 10.4. The predicted octanol–water partition coefficient (Wildman–Crippen LogP) is 5.79. The number of rotatable bonds is 11. The number of hydrogen-bond donors (Lipinski definition) is 1. The van der Waals surface area contributed by atoms with Crippen LogP contribution >= 0.6 is 11.6 Å². The molecule has 0 spiro atoms. The molecule has 0 bridgehead atoms. The zero-order valence-corrected chi connectivity index (χ0v) is 25.5. The monoisotopic (exact) mass is 583 g/mol. The van der Waals surface area contributed by atoms with Gasteiger partial charge in [0.2, 0.25) is 11.8 Å². The Morgan fingerprint density at radius 1 is 0.900 bits per heavy atom. The number of sulfonamides is 1. The molecule has 2 atom stereocenters. The van der Waals surface area contributed by atoms with Gasteiger partial charge in [0.25, 0.3) is 10.0 Å². The Bertz CT molecular complexity index is 1440. The Balaban J connectivity index is 2.04. The summed E-state index contributed by atoms with van der Waals surface area (Å²) in [5.41, 5.74) is 4.15. The van der Waals surface area contributed by atoms with E-state index in [9.17, 15) is 18.0 Å². The van der Waals surface area contributed by atoms with E-state index in [1.807, 2.05) is 65.0 Å². The summed E-state index contributed by atoms with van der Waals surface area (Å²) in [6.45, 7) is 11.0. The lowest BCUT2D eigenvalue weighted by atomic mass is 10.1. The average Bonchev–Trinajstić information content (AvgIpc) is 2.92. The zero-order chi connectivity index (χ0) is 29.6. The maximum Gasteiger partial charge on any atom is 0.264 e. The minimum absolute atomic E-state index is 0.00979. The largest absolute Gasteiger partial charge is 0.352 e. The lowest BCUT2D eigenvalue weighted by molar-refractivity contribution is -0.139. The number of benzene rings is 3. The van der Waals surface area contributed by atoms with Gasteiger partial charge < -0.3 is 10.2 Å². The first-order valence-electron chi connectivity index (χ1n) is 13.3. The molecule has 214 valence electrons. The van der Waals surface area contributed by atoms with Crippen LogP contribution in [0.25, 0.3) is 0 Å². The lowest BCUT2D eigenvalue weighted by Crippen LogP contribution is -2.52. The van der Waals surface area contributed by atoms with Gasteiger partial charge in [0.1, 0.15) is 12.6 Å². The van der Waals surface area contributed by atoms with Gasteiger partial charge in [0.15, 0.2) is 0 Å². The van der Waals surface area contributed by atoms with E-state index in [-0.39, 0.29) is 23.4 Å². The van der Waals surface area contributed by atoms with Crippen molar-refractivity contribution in [1.82, 2.24) is 10.2 Å². The number of aryl methyl sites for hydroxylation is 3. The molecular formula is C31H38ClN3O4S. The van der Waals surface area contributed by atoms with Gasteiger partial charge in [-0.15, -0.1) is 0 Å². The summed E-state index contributed by atoms with van der Waals surface area (Å²) in [5, 5.41) is 3.34. The SMILES string of the molecule is CC[C@@H](C)NC(=O)[C@H](C)N(Cc1ccc(C)cc1)C(=O)CN(c1ccc(C)c(C)c1)S(=O)(=O)c1ccc(Cl)cc1. The topological polar surface area (TPSA) is 86.8 Å². The summed E-state index contributed by atoms with van der Waals surface area (Å²) in [4.78, 5) is 28.6. The van der Waals surface area contributed by atoms with Crippen molar-refractivity contribution in [3.63, 3.8) is 0 Å². The number of anilines is 1. The molecule has 0 aliphatic heterocycles. The quantitative estimate of drug-likeness (QED) is 0.309. The number of nitrogens with one attached hydrogen (secondary N) is 1. The van der Waals surface area contributed by atoms with Gasteiger partial charge in [-0.1, -0.05) is 54.4 Å². The third kappa shape index (κ3) is 7.64. The van der Waals surface area contributed by atoms with E-state index in [1.54, 1.807) is 19.1 Å². The molecular weight excluding hydrogens is 546 g/mol. The summed E-state index contributed by atoms with van der Waals surface area (Å²) in [5.74, 6) is -0.795. The highest BCUT2D eigenvalue weighted by molar-refractivity contribution is 7.92. The van der Waals surface area contributed by atoms with Crippen LogP contribution in [0.5, 0.6) is 0 Å². The van der Waals surface area contributed by atoms with Gasteiger partial charge in [-0.25, -0.2) is 8.42 Å². The molecule has 9 heteroatoms. The van der Waals surface area contributed by atoms with Crippen LogP contribution < -0.4 is 9.62 Å². The fourth-order valence-electron chi connectivity index (χ4n) is 4.08. The molecule has 3 aromatic rings. The van der Waals surface area contributed by atoms with Crippen molar-refractivity contribution in [3.05, 3.63) is 94.0 Å². The molecule has 2 amide bonds. The van der Waals surface area contributed by atoms with E-state index < -0.39 is 28.5 Å². The van der Waals surface area contributed by atoms with E-state index >= 15 is 0 Å². The van der Waals surface area contributed by atoms with Crippen molar-refractivity contribution in [2.75, 3.05) is 10.8 Å². The standard InChI is InChI=1S/C31H38ClN3O4S/c1-7-24(5)33-31(37)25(6)34(19-26-11-8-21(2)9-12-26)30(36)20-35(28-15-10-22(3)23(4)18-28)40(38,39)29-16-13-27(32)14-17-29/h8-18,24-25H,7,19-20H2,1-6H3,(H,33,37)/t24-,25+/m1/s1.